The Bertz CT molecular complexity index is 1720. The Hall–Kier alpha value is -4.26. The molecule has 11 nitrogen and oxygen atoms in total. The van der Waals surface area contributed by atoms with E-state index in [0.29, 0.717) is 36.3 Å². The number of oxazole rings is 1. The molecule has 45 heavy (non-hydrogen) atoms. The number of carbonyl (C=O) groups is 3. The zero-order chi connectivity index (χ0) is 31.8. The summed E-state index contributed by atoms with van der Waals surface area (Å²) >= 11 is 6.21. The first-order chi connectivity index (χ1) is 21.7. The van der Waals surface area contributed by atoms with Gasteiger partial charge in [-0.3, -0.25) is 9.59 Å². The number of halogens is 1. The van der Waals surface area contributed by atoms with E-state index in [9.17, 15) is 22.8 Å². The van der Waals surface area contributed by atoms with Gasteiger partial charge in [0, 0.05) is 18.1 Å². The highest BCUT2D eigenvalue weighted by molar-refractivity contribution is 7.90. The van der Waals surface area contributed by atoms with Crippen LogP contribution >= 0.6 is 11.6 Å². The van der Waals surface area contributed by atoms with Gasteiger partial charge in [-0.05, 0) is 42.2 Å². The topological polar surface area (TPSA) is 148 Å². The van der Waals surface area contributed by atoms with Crippen molar-refractivity contribution in [2.75, 3.05) is 32.1 Å². The van der Waals surface area contributed by atoms with Crippen LogP contribution in [0.5, 0.6) is 0 Å². The molecule has 236 valence electrons. The lowest BCUT2D eigenvalue weighted by molar-refractivity contribution is -0.123. The Morgan fingerprint density at radius 2 is 1.58 bits per heavy atom. The molecule has 2 atom stereocenters. The van der Waals surface area contributed by atoms with Gasteiger partial charge in [0.15, 0.2) is 15.4 Å². The first kappa shape index (κ1) is 32.1. The van der Waals surface area contributed by atoms with Gasteiger partial charge in [0.25, 0.3) is 5.89 Å². The number of hydrogen-bond acceptors (Lipinski definition) is 8. The number of fused-ring (bicyclic) bond motifs is 1. The summed E-state index contributed by atoms with van der Waals surface area (Å²) in [4.78, 5) is 46.4. The molecule has 4 aromatic rings. The molecule has 1 aromatic heterocycles. The van der Waals surface area contributed by atoms with Crippen LogP contribution in [0.4, 0.5) is 4.79 Å². The van der Waals surface area contributed by atoms with E-state index in [1.165, 1.54) is 4.90 Å². The zero-order valence-electron chi connectivity index (χ0n) is 24.4. The van der Waals surface area contributed by atoms with E-state index in [0.717, 1.165) is 5.56 Å². The van der Waals surface area contributed by atoms with Gasteiger partial charge in [0.2, 0.25) is 11.7 Å². The number of nitrogens with zero attached hydrogens (tertiary/aromatic N) is 2. The second kappa shape index (κ2) is 14.7. The maximum Gasteiger partial charge on any atom is 0.318 e. The lowest BCUT2D eigenvalue weighted by Crippen LogP contribution is -2.57. The Morgan fingerprint density at radius 1 is 0.889 bits per heavy atom. The summed E-state index contributed by atoms with van der Waals surface area (Å²) in [5.41, 5.74) is 2.19. The molecule has 0 aliphatic carbocycles. The molecule has 1 aliphatic heterocycles. The number of morpholine rings is 1. The fourth-order valence-corrected chi connectivity index (χ4v) is 6.85. The van der Waals surface area contributed by atoms with Crippen molar-refractivity contribution < 1.29 is 32.0 Å². The van der Waals surface area contributed by atoms with E-state index in [2.05, 4.69) is 15.6 Å². The number of hydrogen-bond donors (Lipinski definition) is 2. The standard InChI is InChI=1S/C32H33ClN4O7S/c33-24-11-5-4-10-23(24)20-45(41,42)21-27(36-32(40)37-16-18-43-19-17-37)30(39)34-26(15-14-22-8-2-1-3-9-22)29(38)31-35-25-12-6-7-13-28(25)44-31/h1-13,26-27H,14-21H2,(H,34,39)(H,36,40)/t26-,27-/m0/s1. The molecule has 2 heterocycles. The van der Waals surface area contributed by atoms with Crippen molar-refractivity contribution in [1.29, 1.82) is 0 Å². The van der Waals surface area contributed by atoms with Crippen LogP contribution in [0.25, 0.3) is 11.1 Å². The third-order valence-electron chi connectivity index (χ3n) is 7.37. The molecule has 0 spiro atoms. The number of ketones is 1. The molecule has 0 unspecified atom stereocenters. The normalized spacial score (nSPS) is 14.9. The smallest absolute Gasteiger partial charge is 0.318 e. The minimum Gasteiger partial charge on any atom is -0.434 e. The molecular formula is C32H33ClN4O7S. The SMILES string of the molecule is O=C(N[C@@H](CCc1ccccc1)C(=O)c1nc2ccccc2o1)[C@H](CS(=O)(=O)Cc1ccccc1Cl)NC(=O)N1CCOCC1. The van der Waals surface area contributed by atoms with E-state index in [1.807, 2.05) is 30.3 Å². The maximum absolute atomic E-state index is 13.8. The second-order valence-corrected chi connectivity index (χ2v) is 13.2. The van der Waals surface area contributed by atoms with E-state index in [4.69, 9.17) is 20.8 Å². The molecule has 0 bridgehead atoms. The number of aryl methyl sites for hydroxylation is 1. The van der Waals surface area contributed by atoms with E-state index in [-0.39, 0.29) is 30.4 Å². The number of aromatic nitrogens is 1. The molecule has 5 rings (SSSR count). The highest BCUT2D eigenvalue weighted by Crippen LogP contribution is 2.20. The fraction of sp³-hybridized carbons (Fsp3) is 0.312. The quantitative estimate of drug-likeness (QED) is 0.220. The van der Waals surface area contributed by atoms with Gasteiger partial charge in [0.05, 0.1) is 30.8 Å². The number of Topliss-reactive ketones (excluding diaryl/α,β-unsaturated/α-hetero) is 1. The number of para-hydroxylation sites is 2. The van der Waals surface area contributed by atoms with Gasteiger partial charge in [-0.1, -0.05) is 72.3 Å². The average Bonchev–Trinajstić information content (AvgIpc) is 3.48. The van der Waals surface area contributed by atoms with E-state index >= 15 is 0 Å². The van der Waals surface area contributed by atoms with Crippen molar-refractivity contribution in [2.45, 2.75) is 30.7 Å². The van der Waals surface area contributed by atoms with Crippen LogP contribution in [-0.4, -0.2) is 80.2 Å². The summed E-state index contributed by atoms with van der Waals surface area (Å²) in [5, 5.41) is 5.55. The highest BCUT2D eigenvalue weighted by atomic mass is 35.5. The van der Waals surface area contributed by atoms with Crippen molar-refractivity contribution in [1.82, 2.24) is 20.5 Å². The van der Waals surface area contributed by atoms with E-state index < -0.39 is 51.1 Å². The van der Waals surface area contributed by atoms with Gasteiger partial charge >= 0.3 is 6.03 Å². The van der Waals surface area contributed by atoms with E-state index in [1.54, 1.807) is 48.5 Å². The predicted molar refractivity (Wildman–Crippen MR) is 169 cm³/mol. The first-order valence-electron chi connectivity index (χ1n) is 14.5. The molecule has 2 N–H and O–H groups in total. The zero-order valence-corrected chi connectivity index (χ0v) is 25.9. The second-order valence-electron chi connectivity index (χ2n) is 10.7. The van der Waals surface area contributed by atoms with Crippen molar-refractivity contribution in [3.05, 3.63) is 101 Å². The summed E-state index contributed by atoms with van der Waals surface area (Å²) in [6.07, 6.45) is 0.594. The van der Waals surface area contributed by atoms with Gasteiger partial charge in [-0.25, -0.2) is 18.2 Å². The van der Waals surface area contributed by atoms with Crippen LogP contribution in [0.3, 0.4) is 0 Å². The number of rotatable bonds is 12. The van der Waals surface area contributed by atoms with Gasteiger partial charge in [0.1, 0.15) is 11.6 Å². The molecular weight excluding hydrogens is 620 g/mol. The molecule has 1 saturated heterocycles. The van der Waals surface area contributed by atoms with Crippen molar-refractivity contribution >= 4 is 50.3 Å². The largest absolute Gasteiger partial charge is 0.434 e. The van der Waals surface area contributed by atoms with Gasteiger partial charge < -0.3 is 24.7 Å². The molecule has 3 amide bonds. The van der Waals surface area contributed by atoms with Gasteiger partial charge in [-0.2, -0.15) is 0 Å². The number of sulfone groups is 1. The minimum absolute atomic E-state index is 0.170. The molecule has 13 heteroatoms. The molecule has 3 aromatic carbocycles. The summed E-state index contributed by atoms with van der Waals surface area (Å²) in [6.45, 7) is 1.19. The summed E-state index contributed by atoms with van der Waals surface area (Å²) in [5.74, 6) is -2.75. The monoisotopic (exact) mass is 652 g/mol. The van der Waals surface area contributed by atoms with Crippen molar-refractivity contribution in [3.8, 4) is 0 Å². The van der Waals surface area contributed by atoms with Crippen molar-refractivity contribution in [2.24, 2.45) is 0 Å². The molecule has 0 saturated carbocycles. The van der Waals surface area contributed by atoms with Crippen LogP contribution in [0.2, 0.25) is 5.02 Å². The summed E-state index contributed by atoms with van der Waals surface area (Å²) in [6, 6.07) is 19.6. The molecule has 1 fully saturated rings. The van der Waals surface area contributed by atoms with Gasteiger partial charge in [-0.15, -0.1) is 0 Å². The Morgan fingerprint density at radius 3 is 2.31 bits per heavy atom. The Labute approximate surface area is 265 Å². The van der Waals surface area contributed by atoms with Crippen LogP contribution < -0.4 is 10.6 Å². The Balaban J connectivity index is 1.39. The highest BCUT2D eigenvalue weighted by Gasteiger charge is 2.34. The van der Waals surface area contributed by atoms with Crippen LogP contribution in [0.15, 0.2) is 83.3 Å². The average molecular weight is 653 g/mol. The maximum atomic E-state index is 13.8. The third-order valence-corrected chi connectivity index (χ3v) is 9.33. The lowest BCUT2D eigenvalue weighted by atomic mass is 10.0. The summed E-state index contributed by atoms with van der Waals surface area (Å²) < 4.78 is 37.7. The van der Waals surface area contributed by atoms with Crippen LogP contribution in [0.1, 0.15) is 28.2 Å². The first-order valence-corrected chi connectivity index (χ1v) is 16.7. The number of carbonyl (C=O) groups excluding carboxylic acids is 3. The number of ether oxygens (including phenoxy) is 1. The van der Waals surface area contributed by atoms with Crippen LogP contribution in [-0.2, 0) is 31.5 Å². The molecule has 1 aliphatic rings. The summed E-state index contributed by atoms with van der Waals surface area (Å²) in [7, 11) is -3.98. The van der Waals surface area contributed by atoms with Crippen LogP contribution in [0, 0.1) is 0 Å². The predicted octanol–water partition coefficient (Wildman–Crippen LogP) is 3.81. The lowest BCUT2D eigenvalue weighted by Gasteiger charge is -2.29. The third kappa shape index (κ3) is 8.68. The fourth-order valence-electron chi connectivity index (χ4n) is 4.98. The number of amides is 3. The minimum atomic E-state index is -3.98. The number of nitrogens with one attached hydrogen (secondary N) is 2. The van der Waals surface area contributed by atoms with Crippen molar-refractivity contribution in [3.63, 3.8) is 0 Å². The Kier molecular flexibility index (Phi) is 10.5. The number of urea groups is 1. The number of benzene rings is 3. The molecule has 0 radical (unpaired) electrons.